The topological polar surface area (TPSA) is 50.7 Å². The molecule has 5 rings (SSSR count). The Hall–Kier alpha value is -3.28. The van der Waals surface area contributed by atoms with Crippen LogP contribution >= 0.6 is 12.4 Å². The van der Waals surface area contributed by atoms with Crippen LogP contribution in [0.2, 0.25) is 0 Å². The molecular formula is C29H29ClFNO3. The molecule has 4 aromatic rings. The van der Waals surface area contributed by atoms with Gasteiger partial charge in [-0.2, -0.15) is 0 Å². The Kier molecular flexibility index (Phi) is 8.11. The number of phenolic OH excluding ortho intramolecular Hbond substituents is 1. The van der Waals surface area contributed by atoms with Crippen molar-refractivity contribution in [1.82, 2.24) is 5.32 Å². The lowest BCUT2D eigenvalue weighted by molar-refractivity contribution is 0.268. The Bertz CT molecular complexity index is 1270. The average molecular weight is 494 g/mol. The van der Waals surface area contributed by atoms with Crippen molar-refractivity contribution in [2.24, 2.45) is 0 Å². The Morgan fingerprint density at radius 1 is 0.914 bits per heavy atom. The molecule has 0 radical (unpaired) electrons. The maximum atomic E-state index is 14.0. The van der Waals surface area contributed by atoms with Gasteiger partial charge in [0, 0.05) is 17.0 Å². The predicted molar refractivity (Wildman–Crippen MR) is 141 cm³/mol. The first-order valence-electron chi connectivity index (χ1n) is 11.8. The fraction of sp³-hybridized carbons (Fsp3) is 0.241. The van der Waals surface area contributed by atoms with Gasteiger partial charge in [-0.15, -0.1) is 12.4 Å². The van der Waals surface area contributed by atoms with E-state index in [0.29, 0.717) is 24.1 Å². The average Bonchev–Trinajstić information content (AvgIpc) is 2.86. The fourth-order valence-electron chi connectivity index (χ4n) is 4.49. The zero-order valence-electron chi connectivity index (χ0n) is 19.4. The zero-order chi connectivity index (χ0) is 23.3. The van der Waals surface area contributed by atoms with E-state index in [9.17, 15) is 9.50 Å². The summed E-state index contributed by atoms with van der Waals surface area (Å²) in [7, 11) is 0. The van der Waals surface area contributed by atoms with Crippen LogP contribution in [0, 0.1) is 5.82 Å². The quantitative estimate of drug-likeness (QED) is 0.280. The van der Waals surface area contributed by atoms with Crippen LogP contribution in [0.5, 0.6) is 23.0 Å². The van der Waals surface area contributed by atoms with Crippen molar-refractivity contribution < 1.29 is 19.0 Å². The number of ether oxygens (including phenoxy) is 2. The second-order valence-corrected chi connectivity index (χ2v) is 8.72. The maximum Gasteiger partial charge on any atom is 0.143 e. The van der Waals surface area contributed by atoms with Crippen LogP contribution in [0.15, 0.2) is 78.9 Å². The minimum absolute atomic E-state index is 0. The summed E-state index contributed by atoms with van der Waals surface area (Å²) in [5.74, 6) is 1.94. The van der Waals surface area contributed by atoms with Crippen molar-refractivity contribution >= 4 is 23.2 Å². The van der Waals surface area contributed by atoms with Crippen LogP contribution < -0.4 is 14.8 Å². The van der Waals surface area contributed by atoms with Crippen LogP contribution in [0.25, 0.3) is 21.9 Å². The van der Waals surface area contributed by atoms with E-state index in [4.69, 9.17) is 9.47 Å². The third-order valence-corrected chi connectivity index (χ3v) is 6.28. The molecular weight excluding hydrogens is 465 g/mol. The van der Waals surface area contributed by atoms with Gasteiger partial charge in [-0.1, -0.05) is 24.6 Å². The Morgan fingerprint density at radius 2 is 1.74 bits per heavy atom. The van der Waals surface area contributed by atoms with Crippen molar-refractivity contribution in [3.8, 4) is 34.1 Å². The van der Waals surface area contributed by atoms with Gasteiger partial charge in [0.1, 0.15) is 28.8 Å². The molecule has 1 fully saturated rings. The number of rotatable bonds is 7. The molecule has 35 heavy (non-hydrogen) atoms. The molecule has 1 heterocycles. The Morgan fingerprint density at radius 3 is 2.51 bits per heavy atom. The van der Waals surface area contributed by atoms with Crippen molar-refractivity contribution in [1.29, 1.82) is 0 Å². The lowest BCUT2D eigenvalue weighted by atomic mass is 9.99. The molecule has 0 saturated carbocycles. The third kappa shape index (κ3) is 6.05. The molecule has 4 aromatic carbocycles. The molecule has 1 unspecified atom stereocenters. The fourth-order valence-corrected chi connectivity index (χ4v) is 4.49. The molecule has 4 nitrogen and oxygen atoms in total. The monoisotopic (exact) mass is 493 g/mol. The molecule has 6 heteroatoms. The van der Waals surface area contributed by atoms with Crippen molar-refractivity contribution in [3.05, 3.63) is 84.7 Å². The predicted octanol–water partition coefficient (Wildman–Crippen LogP) is 7.48. The molecule has 1 aliphatic rings. The molecule has 0 aromatic heterocycles. The van der Waals surface area contributed by atoms with Gasteiger partial charge in [0.05, 0.1) is 6.61 Å². The highest BCUT2D eigenvalue weighted by Crippen LogP contribution is 2.40. The van der Waals surface area contributed by atoms with Crippen LogP contribution in [0.3, 0.4) is 0 Å². The third-order valence-electron chi connectivity index (χ3n) is 6.28. The number of hydrogen-bond acceptors (Lipinski definition) is 4. The van der Waals surface area contributed by atoms with E-state index in [1.807, 2.05) is 48.5 Å². The number of piperidine rings is 1. The number of fused-ring (bicyclic) bond motifs is 1. The first-order chi connectivity index (χ1) is 16.7. The summed E-state index contributed by atoms with van der Waals surface area (Å²) in [6.07, 6.45) is 4.76. The van der Waals surface area contributed by atoms with Crippen molar-refractivity contribution in [3.63, 3.8) is 0 Å². The van der Waals surface area contributed by atoms with Gasteiger partial charge in [-0.25, -0.2) is 4.39 Å². The molecule has 2 N–H and O–H groups in total. The van der Waals surface area contributed by atoms with E-state index < -0.39 is 0 Å². The summed E-state index contributed by atoms with van der Waals surface area (Å²) < 4.78 is 26.2. The van der Waals surface area contributed by atoms with Gasteiger partial charge in [0.15, 0.2) is 0 Å². The molecule has 0 bridgehead atoms. The highest BCUT2D eigenvalue weighted by atomic mass is 35.5. The van der Waals surface area contributed by atoms with E-state index in [-0.39, 0.29) is 24.0 Å². The minimum atomic E-state index is -0.306. The second-order valence-electron chi connectivity index (χ2n) is 8.72. The van der Waals surface area contributed by atoms with Crippen LogP contribution in [0.1, 0.15) is 25.7 Å². The van der Waals surface area contributed by atoms with Crippen LogP contribution in [0.4, 0.5) is 4.39 Å². The van der Waals surface area contributed by atoms with Crippen LogP contribution in [-0.2, 0) is 0 Å². The largest absolute Gasteiger partial charge is 0.508 e. The number of hydrogen-bond donors (Lipinski definition) is 2. The van der Waals surface area contributed by atoms with Crippen LogP contribution in [-0.4, -0.2) is 24.3 Å². The normalized spacial score (nSPS) is 15.4. The molecule has 1 saturated heterocycles. The summed E-state index contributed by atoms with van der Waals surface area (Å²) in [6, 6.07) is 23.5. The highest BCUT2D eigenvalue weighted by Gasteiger charge is 2.14. The number of benzene rings is 4. The van der Waals surface area contributed by atoms with Gasteiger partial charge in [0.25, 0.3) is 0 Å². The maximum absolute atomic E-state index is 14.0. The molecule has 1 aliphatic heterocycles. The van der Waals surface area contributed by atoms with Crippen molar-refractivity contribution in [2.45, 2.75) is 31.7 Å². The summed E-state index contributed by atoms with van der Waals surface area (Å²) >= 11 is 0. The Balaban J connectivity index is 0.00000289. The van der Waals surface area contributed by atoms with E-state index in [1.54, 1.807) is 18.2 Å². The first-order valence-corrected chi connectivity index (χ1v) is 11.8. The molecule has 182 valence electrons. The molecule has 0 spiro atoms. The smallest absolute Gasteiger partial charge is 0.143 e. The number of aromatic hydroxyl groups is 1. The second kappa shape index (κ2) is 11.4. The minimum Gasteiger partial charge on any atom is -0.508 e. The van der Waals surface area contributed by atoms with Gasteiger partial charge in [-0.3, -0.25) is 0 Å². The standard InChI is InChI=1S/C29H28FNO3.ClH/c30-22-5-3-4-20(18-22)27-13-7-21-19-24(32)8-14-28(21)29(27)34-26-11-9-25(10-12-26)33-17-15-23-6-1-2-16-31-23;/h3-5,7-14,18-19,23,31-32H,1-2,6,15-17H2;1H. The van der Waals surface area contributed by atoms with Gasteiger partial charge < -0.3 is 19.9 Å². The van der Waals surface area contributed by atoms with Gasteiger partial charge in [-0.05, 0) is 97.4 Å². The molecule has 0 aliphatic carbocycles. The lowest BCUT2D eigenvalue weighted by Crippen LogP contribution is -2.35. The number of phenols is 1. The molecule has 0 amide bonds. The first kappa shape index (κ1) is 24.8. The summed E-state index contributed by atoms with van der Waals surface area (Å²) in [6.45, 7) is 1.77. The number of halogens is 2. The highest BCUT2D eigenvalue weighted by molar-refractivity contribution is 5.96. The molecule has 1 atom stereocenters. The SMILES string of the molecule is Cl.Oc1ccc2c(Oc3ccc(OCCC4CCCCN4)cc3)c(-c3cccc(F)c3)ccc2c1. The summed E-state index contributed by atoms with van der Waals surface area (Å²) in [4.78, 5) is 0. The van der Waals surface area contributed by atoms with E-state index in [2.05, 4.69) is 5.32 Å². The van der Waals surface area contributed by atoms with E-state index in [0.717, 1.165) is 40.6 Å². The van der Waals surface area contributed by atoms with Crippen molar-refractivity contribution in [2.75, 3.05) is 13.2 Å². The zero-order valence-corrected chi connectivity index (χ0v) is 20.2. The number of nitrogens with one attached hydrogen (secondary N) is 1. The van der Waals surface area contributed by atoms with Gasteiger partial charge in [0.2, 0.25) is 0 Å². The Labute approximate surface area is 211 Å². The van der Waals surface area contributed by atoms with E-state index >= 15 is 0 Å². The summed E-state index contributed by atoms with van der Waals surface area (Å²) in [5.41, 5.74) is 1.50. The van der Waals surface area contributed by atoms with Gasteiger partial charge >= 0.3 is 0 Å². The van der Waals surface area contributed by atoms with E-state index in [1.165, 1.54) is 31.4 Å². The summed E-state index contributed by atoms with van der Waals surface area (Å²) in [5, 5.41) is 15.1. The lowest BCUT2D eigenvalue weighted by Gasteiger charge is -2.23.